The summed E-state index contributed by atoms with van der Waals surface area (Å²) in [7, 11) is 0. The van der Waals surface area contributed by atoms with Crippen LogP contribution in [0.1, 0.15) is 24.4 Å². The average molecular weight is 225 g/mol. The van der Waals surface area contributed by atoms with Crippen molar-refractivity contribution in [2.75, 3.05) is 0 Å². The lowest BCUT2D eigenvalue weighted by atomic mass is 10.3. The summed E-state index contributed by atoms with van der Waals surface area (Å²) in [5.74, 6) is 0.403. The minimum absolute atomic E-state index is 0.239. The summed E-state index contributed by atoms with van der Waals surface area (Å²) < 4.78 is 1.46. The van der Waals surface area contributed by atoms with Gasteiger partial charge >= 0.3 is 0 Å². The highest BCUT2D eigenvalue weighted by molar-refractivity contribution is 6.28. The second-order valence-electron chi connectivity index (χ2n) is 3.90. The molecule has 3 rings (SSSR count). The zero-order valence-electron chi connectivity index (χ0n) is 8.11. The van der Waals surface area contributed by atoms with Gasteiger partial charge in [-0.3, -0.25) is 0 Å². The molecule has 78 valence electrons. The van der Waals surface area contributed by atoms with E-state index in [1.807, 2.05) is 13.0 Å². The molecule has 0 unspecified atom stereocenters. The standard InChI is InChI=1S/C9H9ClN4O/c1-5-4-6-11-7(9(15)2-3-9)12-8(10)14(6)13-5/h4,15H,2-3H2,1H3. The molecule has 0 spiro atoms. The second-order valence-corrected chi connectivity index (χ2v) is 4.24. The summed E-state index contributed by atoms with van der Waals surface area (Å²) in [5, 5.41) is 14.3. The van der Waals surface area contributed by atoms with E-state index in [4.69, 9.17) is 11.6 Å². The van der Waals surface area contributed by atoms with Gasteiger partial charge in [-0.2, -0.15) is 14.6 Å². The number of rotatable bonds is 1. The molecule has 1 fully saturated rings. The monoisotopic (exact) mass is 224 g/mol. The summed E-state index contributed by atoms with van der Waals surface area (Å²) in [6, 6.07) is 1.81. The first-order valence-corrected chi connectivity index (χ1v) is 5.09. The van der Waals surface area contributed by atoms with Crippen LogP contribution in [0.25, 0.3) is 5.65 Å². The number of aliphatic hydroxyl groups is 1. The van der Waals surface area contributed by atoms with Gasteiger partial charge in [0.15, 0.2) is 11.5 Å². The number of aryl methyl sites for hydroxylation is 1. The van der Waals surface area contributed by atoms with E-state index < -0.39 is 5.60 Å². The van der Waals surface area contributed by atoms with Crippen LogP contribution in [-0.2, 0) is 5.60 Å². The third-order valence-corrected chi connectivity index (χ3v) is 2.79. The first-order chi connectivity index (χ1) is 7.08. The molecule has 0 aromatic carbocycles. The van der Waals surface area contributed by atoms with E-state index in [0.29, 0.717) is 24.3 Å². The lowest BCUT2D eigenvalue weighted by molar-refractivity contribution is 0.141. The molecule has 2 aromatic heterocycles. The SMILES string of the molecule is Cc1cc2nc(C3(O)CC3)nc(Cl)n2n1. The molecule has 2 heterocycles. The van der Waals surface area contributed by atoms with Gasteiger partial charge in [-0.15, -0.1) is 0 Å². The molecule has 5 nitrogen and oxygen atoms in total. The van der Waals surface area contributed by atoms with E-state index in [1.54, 1.807) is 0 Å². The topological polar surface area (TPSA) is 63.3 Å². The van der Waals surface area contributed by atoms with E-state index in [9.17, 15) is 5.11 Å². The van der Waals surface area contributed by atoms with Crippen LogP contribution in [0, 0.1) is 6.92 Å². The molecule has 1 N–H and O–H groups in total. The largest absolute Gasteiger partial charge is 0.382 e. The van der Waals surface area contributed by atoms with Gasteiger partial charge in [0.2, 0.25) is 5.28 Å². The predicted octanol–water partition coefficient (Wildman–Crippen LogP) is 1.07. The number of aromatic nitrogens is 4. The van der Waals surface area contributed by atoms with Crippen molar-refractivity contribution < 1.29 is 5.11 Å². The molecule has 6 heteroatoms. The summed E-state index contributed by atoms with van der Waals surface area (Å²) in [6.45, 7) is 1.86. The molecule has 0 bridgehead atoms. The van der Waals surface area contributed by atoms with Crippen molar-refractivity contribution in [2.45, 2.75) is 25.4 Å². The highest BCUT2D eigenvalue weighted by Gasteiger charge is 2.45. The van der Waals surface area contributed by atoms with Crippen molar-refractivity contribution in [3.8, 4) is 0 Å². The molecular weight excluding hydrogens is 216 g/mol. The van der Waals surface area contributed by atoms with E-state index in [-0.39, 0.29) is 5.28 Å². The van der Waals surface area contributed by atoms with E-state index in [1.165, 1.54) is 4.52 Å². The molecule has 0 radical (unpaired) electrons. The Morgan fingerprint density at radius 1 is 1.47 bits per heavy atom. The van der Waals surface area contributed by atoms with Crippen molar-refractivity contribution in [3.05, 3.63) is 22.9 Å². The maximum Gasteiger partial charge on any atom is 0.227 e. The highest BCUT2D eigenvalue weighted by atomic mass is 35.5. The van der Waals surface area contributed by atoms with Gasteiger partial charge in [0, 0.05) is 6.07 Å². The van der Waals surface area contributed by atoms with Crippen molar-refractivity contribution in [1.29, 1.82) is 0 Å². The third kappa shape index (κ3) is 1.31. The van der Waals surface area contributed by atoms with Gasteiger partial charge in [0.25, 0.3) is 0 Å². The number of fused-ring (bicyclic) bond motifs is 1. The minimum Gasteiger partial charge on any atom is -0.382 e. The van der Waals surface area contributed by atoms with E-state index in [0.717, 1.165) is 5.69 Å². The molecule has 0 amide bonds. The summed E-state index contributed by atoms with van der Waals surface area (Å²) in [4.78, 5) is 8.30. The maximum absolute atomic E-state index is 9.88. The van der Waals surface area contributed by atoms with Crippen LogP contribution in [0.4, 0.5) is 0 Å². The number of nitrogens with zero attached hydrogens (tertiary/aromatic N) is 4. The van der Waals surface area contributed by atoms with Gasteiger partial charge in [-0.1, -0.05) is 0 Å². The van der Waals surface area contributed by atoms with Crippen LogP contribution in [0.3, 0.4) is 0 Å². The zero-order valence-corrected chi connectivity index (χ0v) is 8.86. The van der Waals surface area contributed by atoms with Crippen LogP contribution >= 0.6 is 11.6 Å². The fourth-order valence-corrected chi connectivity index (χ4v) is 1.72. The summed E-state index contributed by atoms with van der Waals surface area (Å²) in [6.07, 6.45) is 1.40. The van der Waals surface area contributed by atoms with Gasteiger partial charge < -0.3 is 5.11 Å². The number of halogens is 1. The lowest BCUT2D eigenvalue weighted by Crippen LogP contribution is -2.12. The van der Waals surface area contributed by atoms with Gasteiger partial charge in [0.1, 0.15) is 5.60 Å². The van der Waals surface area contributed by atoms with Gasteiger partial charge in [0.05, 0.1) is 5.69 Å². The normalized spacial score (nSPS) is 18.3. The van der Waals surface area contributed by atoms with E-state index >= 15 is 0 Å². The third-order valence-electron chi connectivity index (χ3n) is 2.55. The Kier molecular flexibility index (Phi) is 1.62. The fourth-order valence-electron chi connectivity index (χ4n) is 1.52. The quantitative estimate of drug-likeness (QED) is 0.787. The first-order valence-electron chi connectivity index (χ1n) is 4.71. The van der Waals surface area contributed by atoms with Gasteiger partial charge in [-0.05, 0) is 31.4 Å². The molecular formula is C9H9ClN4O. The zero-order chi connectivity index (χ0) is 10.6. The summed E-state index contributed by atoms with van der Waals surface area (Å²) in [5.41, 5.74) is 0.595. The fraction of sp³-hybridized carbons (Fsp3) is 0.444. The van der Waals surface area contributed by atoms with Crippen molar-refractivity contribution >= 4 is 17.2 Å². The number of hydrogen-bond acceptors (Lipinski definition) is 4. The Balaban J connectivity index is 2.26. The van der Waals surface area contributed by atoms with Gasteiger partial charge in [-0.25, -0.2) is 4.98 Å². The molecule has 1 aliphatic carbocycles. The molecule has 2 aromatic rings. The Labute approximate surface area is 90.7 Å². The Morgan fingerprint density at radius 3 is 2.87 bits per heavy atom. The molecule has 0 atom stereocenters. The Bertz CT molecular complexity index is 546. The smallest absolute Gasteiger partial charge is 0.227 e. The summed E-state index contributed by atoms with van der Waals surface area (Å²) >= 11 is 5.95. The molecule has 15 heavy (non-hydrogen) atoms. The molecule has 1 aliphatic rings. The van der Waals surface area contributed by atoms with Crippen LogP contribution in [0.5, 0.6) is 0 Å². The lowest BCUT2D eigenvalue weighted by Gasteiger charge is -2.06. The van der Waals surface area contributed by atoms with Crippen LogP contribution < -0.4 is 0 Å². The Hall–Kier alpha value is -1.20. The second kappa shape index (κ2) is 2.68. The first kappa shape index (κ1) is 9.06. The van der Waals surface area contributed by atoms with Crippen LogP contribution in [-0.4, -0.2) is 24.7 Å². The molecule has 0 aliphatic heterocycles. The van der Waals surface area contributed by atoms with Crippen LogP contribution in [0.15, 0.2) is 6.07 Å². The molecule has 1 saturated carbocycles. The van der Waals surface area contributed by atoms with Crippen molar-refractivity contribution in [3.63, 3.8) is 0 Å². The minimum atomic E-state index is -0.858. The van der Waals surface area contributed by atoms with E-state index in [2.05, 4.69) is 15.1 Å². The highest BCUT2D eigenvalue weighted by Crippen LogP contribution is 2.43. The number of hydrogen-bond donors (Lipinski definition) is 1. The Morgan fingerprint density at radius 2 is 2.20 bits per heavy atom. The van der Waals surface area contributed by atoms with Crippen molar-refractivity contribution in [2.24, 2.45) is 0 Å². The van der Waals surface area contributed by atoms with Crippen molar-refractivity contribution in [1.82, 2.24) is 19.6 Å². The average Bonchev–Trinajstić information content (AvgIpc) is 2.79. The van der Waals surface area contributed by atoms with Crippen LogP contribution in [0.2, 0.25) is 5.28 Å². The molecule has 0 saturated heterocycles. The maximum atomic E-state index is 9.88. The predicted molar refractivity (Wildman–Crippen MR) is 53.7 cm³/mol.